The molecule has 2 aliphatic rings. The minimum absolute atomic E-state index is 0.419. The lowest BCUT2D eigenvalue weighted by Crippen LogP contribution is -2.48. The second-order valence-electron chi connectivity index (χ2n) is 6.85. The van der Waals surface area contributed by atoms with E-state index in [9.17, 15) is 0 Å². The Morgan fingerprint density at radius 1 is 1.00 bits per heavy atom. The molecule has 2 heteroatoms. The van der Waals surface area contributed by atoms with Crippen molar-refractivity contribution in [2.75, 3.05) is 0 Å². The molecule has 0 amide bonds. The lowest BCUT2D eigenvalue weighted by atomic mass is 9.93. The standard InChI is InChI=1S/C19H24N2/c1-13(21-18-8-9-19(21)12-17(20)11-18)15-7-6-14-4-2-3-5-16(14)10-15/h2-7,10,13,17-19H,8-9,11-12,20H2,1H3. The highest BCUT2D eigenvalue weighted by Crippen LogP contribution is 2.41. The average molecular weight is 280 g/mol. The topological polar surface area (TPSA) is 29.3 Å². The molecule has 3 unspecified atom stereocenters. The van der Waals surface area contributed by atoms with Gasteiger partial charge >= 0.3 is 0 Å². The van der Waals surface area contributed by atoms with Gasteiger partial charge in [-0.15, -0.1) is 0 Å². The monoisotopic (exact) mass is 280 g/mol. The minimum Gasteiger partial charge on any atom is -0.328 e. The molecule has 2 saturated heterocycles. The van der Waals surface area contributed by atoms with Crippen LogP contribution in [0.4, 0.5) is 0 Å². The van der Waals surface area contributed by atoms with Gasteiger partial charge in [0.15, 0.2) is 0 Å². The van der Waals surface area contributed by atoms with E-state index in [-0.39, 0.29) is 0 Å². The molecule has 3 atom stereocenters. The summed E-state index contributed by atoms with van der Waals surface area (Å²) >= 11 is 0. The first-order valence-electron chi connectivity index (χ1n) is 8.24. The first kappa shape index (κ1) is 13.3. The maximum absolute atomic E-state index is 6.20. The fourth-order valence-electron chi connectivity index (χ4n) is 4.53. The normalized spacial score (nSPS) is 30.7. The summed E-state index contributed by atoms with van der Waals surface area (Å²) in [5.41, 5.74) is 7.65. The summed E-state index contributed by atoms with van der Waals surface area (Å²) in [6, 6.07) is 17.9. The van der Waals surface area contributed by atoms with Gasteiger partial charge in [-0.3, -0.25) is 4.90 Å². The summed E-state index contributed by atoms with van der Waals surface area (Å²) in [6.07, 6.45) is 5.01. The molecule has 0 radical (unpaired) electrons. The van der Waals surface area contributed by atoms with Gasteiger partial charge in [-0.25, -0.2) is 0 Å². The lowest BCUT2D eigenvalue weighted by Gasteiger charge is -2.41. The quantitative estimate of drug-likeness (QED) is 0.905. The number of hydrogen-bond donors (Lipinski definition) is 1. The van der Waals surface area contributed by atoms with Crippen LogP contribution in [0.1, 0.15) is 44.2 Å². The Morgan fingerprint density at radius 3 is 2.38 bits per heavy atom. The largest absolute Gasteiger partial charge is 0.328 e. The molecule has 21 heavy (non-hydrogen) atoms. The van der Waals surface area contributed by atoms with E-state index in [1.165, 1.54) is 42.0 Å². The third-order valence-corrected chi connectivity index (χ3v) is 5.53. The van der Waals surface area contributed by atoms with Crippen molar-refractivity contribution in [3.05, 3.63) is 48.0 Å². The van der Waals surface area contributed by atoms with Crippen LogP contribution in [0.5, 0.6) is 0 Å². The predicted octanol–water partition coefficient (Wildman–Crippen LogP) is 3.85. The molecule has 2 bridgehead atoms. The van der Waals surface area contributed by atoms with Gasteiger partial charge in [-0.2, -0.15) is 0 Å². The summed E-state index contributed by atoms with van der Waals surface area (Å²) in [4.78, 5) is 2.74. The zero-order valence-corrected chi connectivity index (χ0v) is 12.7. The predicted molar refractivity (Wildman–Crippen MR) is 88.2 cm³/mol. The zero-order valence-electron chi connectivity index (χ0n) is 12.7. The van der Waals surface area contributed by atoms with E-state index in [4.69, 9.17) is 5.73 Å². The highest BCUT2D eigenvalue weighted by Gasteiger charge is 2.41. The van der Waals surface area contributed by atoms with Crippen molar-refractivity contribution in [3.8, 4) is 0 Å². The van der Waals surface area contributed by atoms with Crippen molar-refractivity contribution < 1.29 is 0 Å². The summed E-state index contributed by atoms with van der Waals surface area (Å²) < 4.78 is 0. The van der Waals surface area contributed by atoms with E-state index < -0.39 is 0 Å². The summed E-state index contributed by atoms with van der Waals surface area (Å²) in [5, 5.41) is 2.68. The fourth-order valence-corrected chi connectivity index (χ4v) is 4.53. The minimum atomic E-state index is 0.419. The molecule has 2 aromatic rings. The van der Waals surface area contributed by atoms with Crippen LogP contribution >= 0.6 is 0 Å². The maximum Gasteiger partial charge on any atom is 0.0325 e. The van der Waals surface area contributed by atoms with Gasteiger partial charge < -0.3 is 5.73 Å². The number of piperidine rings is 1. The molecule has 110 valence electrons. The van der Waals surface area contributed by atoms with E-state index in [2.05, 4.69) is 54.3 Å². The Labute approximate surface area is 126 Å². The lowest BCUT2D eigenvalue weighted by molar-refractivity contribution is 0.0854. The first-order valence-corrected chi connectivity index (χ1v) is 8.24. The summed E-state index contributed by atoms with van der Waals surface area (Å²) in [6.45, 7) is 2.37. The van der Waals surface area contributed by atoms with Crippen molar-refractivity contribution in [2.45, 2.75) is 56.8 Å². The van der Waals surface area contributed by atoms with Crippen LogP contribution in [-0.2, 0) is 0 Å². The molecular formula is C19H24N2. The SMILES string of the molecule is CC(c1ccc2ccccc2c1)N1C2CCC1CC(N)C2. The first-order chi connectivity index (χ1) is 10.2. The molecule has 2 nitrogen and oxygen atoms in total. The highest BCUT2D eigenvalue weighted by molar-refractivity contribution is 5.83. The van der Waals surface area contributed by atoms with Gasteiger partial charge in [0.2, 0.25) is 0 Å². The molecule has 2 aliphatic heterocycles. The number of rotatable bonds is 2. The zero-order chi connectivity index (χ0) is 14.4. The Morgan fingerprint density at radius 2 is 1.67 bits per heavy atom. The second kappa shape index (κ2) is 5.11. The average Bonchev–Trinajstić information content (AvgIpc) is 2.78. The molecular weight excluding hydrogens is 256 g/mol. The molecule has 0 aromatic heterocycles. The van der Waals surface area contributed by atoms with Crippen LogP contribution in [0.3, 0.4) is 0 Å². The van der Waals surface area contributed by atoms with Crippen molar-refractivity contribution in [1.29, 1.82) is 0 Å². The van der Waals surface area contributed by atoms with E-state index in [0.29, 0.717) is 24.2 Å². The molecule has 2 heterocycles. The van der Waals surface area contributed by atoms with Crippen LogP contribution in [0.15, 0.2) is 42.5 Å². The van der Waals surface area contributed by atoms with Gasteiger partial charge in [-0.05, 0) is 55.0 Å². The van der Waals surface area contributed by atoms with Crippen LogP contribution in [0, 0.1) is 0 Å². The molecule has 2 aromatic carbocycles. The number of nitrogens with two attached hydrogens (primary N) is 1. The van der Waals surface area contributed by atoms with Crippen LogP contribution < -0.4 is 5.73 Å². The number of fused-ring (bicyclic) bond motifs is 3. The molecule has 0 aliphatic carbocycles. The highest BCUT2D eigenvalue weighted by atomic mass is 15.2. The molecule has 0 spiro atoms. The molecule has 4 rings (SSSR count). The van der Waals surface area contributed by atoms with Crippen LogP contribution in [-0.4, -0.2) is 23.0 Å². The molecule has 2 N–H and O–H groups in total. The van der Waals surface area contributed by atoms with Gasteiger partial charge in [0, 0.05) is 24.2 Å². The summed E-state index contributed by atoms with van der Waals surface area (Å²) in [5.74, 6) is 0. The van der Waals surface area contributed by atoms with Crippen LogP contribution in [0.2, 0.25) is 0 Å². The Balaban J connectivity index is 1.65. The molecule has 0 saturated carbocycles. The van der Waals surface area contributed by atoms with Crippen molar-refractivity contribution >= 4 is 10.8 Å². The Kier molecular flexibility index (Phi) is 3.24. The maximum atomic E-state index is 6.20. The van der Waals surface area contributed by atoms with Crippen molar-refractivity contribution in [3.63, 3.8) is 0 Å². The van der Waals surface area contributed by atoms with Gasteiger partial charge in [0.25, 0.3) is 0 Å². The van der Waals surface area contributed by atoms with Crippen molar-refractivity contribution in [1.82, 2.24) is 4.90 Å². The smallest absolute Gasteiger partial charge is 0.0325 e. The van der Waals surface area contributed by atoms with E-state index in [1.54, 1.807) is 0 Å². The number of hydrogen-bond acceptors (Lipinski definition) is 2. The third kappa shape index (κ3) is 2.27. The second-order valence-corrected chi connectivity index (χ2v) is 6.85. The fraction of sp³-hybridized carbons (Fsp3) is 0.474. The molecule has 2 fully saturated rings. The summed E-state index contributed by atoms with van der Waals surface area (Å²) in [7, 11) is 0. The number of nitrogens with zero attached hydrogens (tertiary/aromatic N) is 1. The van der Waals surface area contributed by atoms with Gasteiger partial charge in [0.05, 0.1) is 0 Å². The van der Waals surface area contributed by atoms with Crippen molar-refractivity contribution in [2.24, 2.45) is 5.73 Å². The van der Waals surface area contributed by atoms with E-state index in [0.717, 1.165) is 0 Å². The van der Waals surface area contributed by atoms with E-state index in [1.807, 2.05) is 0 Å². The Hall–Kier alpha value is -1.38. The van der Waals surface area contributed by atoms with E-state index >= 15 is 0 Å². The van der Waals surface area contributed by atoms with Crippen LogP contribution in [0.25, 0.3) is 10.8 Å². The van der Waals surface area contributed by atoms with Gasteiger partial charge in [0.1, 0.15) is 0 Å². The van der Waals surface area contributed by atoms with Gasteiger partial charge in [-0.1, -0.05) is 36.4 Å². The number of benzene rings is 2. The Bertz CT molecular complexity index is 637. The third-order valence-electron chi connectivity index (χ3n) is 5.53.